The second-order valence-electron chi connectivity index (χ2n) is 5.85. The molecule has 0 unspecified atom stereocenters. The van der Waals surface area contributed by atoms with Gasteiger partial charge in [-0.3, -0.25) is 14.8 Å². The highest BCUT2D eigenvalue weighted by Gasteiger charge is 2.15. The number of aromatic carboxylic acids is 1. The maximum absolute atomic E-state index is 12.2. The lowest BCUT2D eigenvalue weighted by Gasteiger charge is -2.11. The van der Waals surface area contributed by atoms with Gasteiger partial charge in [0.2, 0.25) is 5.88 Å². The number of aliphatic imine (C=N–C) groups is 1. The van der Waals surface area contributed by atoms with Crippen LogP contribution in [0, 0.1) is 6.92 Å². The molecule has 0 aliphatic heterocycles. The van der Waals surface area contributed by atoms with E-state index in [9.17, 15) is 19.5 Å². The van der Waals surface area contributed by atoms with Gasteiger partial charge in [0.05, 0.1) is 22.0 Å². The first-order valence-corrected chi connectivity index (χ1v) is 8.38. The maximum Gasteiger partial charge on any atom is 0.335 e. The molecule has 0 aliphatic rings. The Labute approximate surface area is 163 Å². The molecule has 1 heterocycles. The molecule has 0 atom stereocenters. The summed E-state index contributed by atoms with van der Waals surface area (Å²) in [6.07, 6.45) is 1.02. The van der Waals surface area contributed by atoms with Crippen LogP contribution in [0.3, 0.4) is 0 Å². The number of nitrogens with zero attached hydrogens (tertiary/aromatic N) is 2. The molecule has 3 N–H and O–H groups in total. The average Bonchev–Trinajstić information content (AvgIpc) is 2.64. The van der Waals surface area contributed by atoms with E-state index in [-0.39, 0.29) is 21.8 Å². The van der Waals surface area contributed by atoms with Crippen molar-refractivity contribution in [2.75, 3.05) is 0 Å². The number of aromatic nitrogens is 2. The third-order valence-corrected chi connectivity index (χ3v) is 4.32. The van der Waals surface area contributed by atoms with Gasteiger partial charge in [-0.1, -0.05) is 29.8 Å². The zero-order chi connectivity index (χ0) is 20.4. The first-order chi connectivity index (χ1) is 13.3. The van der Waals surface area contributed by atoms with Crippen LogP contribution in [0.15, 0.2) is 57.0 Å². The number of halogens is 1. The minimum Gasteiger partial charge on any atom is -0.493 e. The van der Waals surface area contributed by atoms with Crippen LogP contribution < -0.4 is 11.2 Å². The first kappa shape index (κ1) is 19.1. The van der Waals surface area contributed by atoms with Crippen molar-refractivity contribution in [1.29, 1.82) is 0 Å². The van der Waals surface area contributed by atoms with Gasteiger partial charge in [0, 0.05) is 6.21 Å². The number of carbonyl (C=O) groups is 1. The summed E-state index contributed by atoms with van der Waals surface area (Å²) in [5, 5.41) is 19.8. The van der Waals surface area contributed by atoms with Crippen molar-refractivity contribution < 1.29 is 15.0 Å². The molecule has 1 aromatic heterocycles. The lowest BCUT2D eigenvalue weighted by Crippen LogP contribution is -2.31. The van der Waals surface area contributed by atoms with E-state index >= 15 is 0 Å². The SMILES string of the molecule is Cc1ccccc1-n1c(O)c(C=Nc2cc(C(=O)O)ccc2Cl)c(=O)[nH]c1=O. The number of hydrogen-bond donors (Lipinski definition) is 3. The van der Waals surface area contributed by atoms with Crippen molar-refractivity contribution >= 4 is 29.5 Å². The van der Waals surface area contributed by atoms with Gasteiger partial charge in [-0.15, -0.1) is 0 Å². The summed E-state index contributed by atoms with van der Waals surface area (Å²) in [4.78, 5) is 41.6. The summed E-state index contributed by atoms with van der Waals surface area (Å²) in [7, 11) is 0. The number of aromatic hydroxyl groups is 1. The van der Waals surface area contributed by atoms with Gasteiger partial charge in [-0.2, -0.15) is 0 Å². The van der Waals surface area contributed by atoms with Crippen LogP contribution >= 0.6 is 11.6 Å². The monoisotopic (exact) mass is 399 g/mol. The molecule has 142 valence electrons. The Bertz CT molecular complexity index is 1230. The normalized spacial score (nSPS) is 11.1. The van der Waals surface area contributed by atoms with Crippen molar-refractivity contribution in [2.24, 2.45) is 4.99 Å². The smallest absolute Gasteiger partial charge is 0.335 e. The van der Waals surface area contributed by atoms with Crippen molar-refractivity contribution in [3.63, 3.8) is 0 Å². The summed E-state index contributed by atoms with van der Waals surface area (Å²) in [5.74, 6) is -1.76. The third-order valence-electron chi connectivity index (χ3n) is 4.00. The zero-order valence-corrected chi connectivity index (χ0v) is 15.3. The zero-order valence-electron chi connectivity index (χ0n) is 14.5. The number of hydrogen-bond acceptors (Lipinski definition) is 5. The summed E-state index contributed by atoms with van der Waals surface area (Å²) in [6.45, 7) is 1.75. The Hall–Kier alpha value is -3.65. The van der Waals surface area contributed by atoms with Crippen molar-refractivity contribution in [1.82, 2.24) is 9.55 Å². The fourth-order valence-electron chi connectivity index (χ4n) is 2.57. The third kappa shape index (κ3) is 3.58. The van der Waals surface area contributed by atoms with Crippen molar-refractivity contribution in [2.45, 2.75) is 6.92 Å². The predicted molar refractivity (Wildman–Crippen MR) is 105 cm³/mol. The summed E-state index contributed by atoms with van der Waals surface area (Å²) < 4.78 is 0.952. The second-order valence-corrected chi connectivity index (χ2v) is 6.26. The van der Waals surface area contributed by atoms with Crippen LogP contribution in [-0.2, 0) is 0 Å². The first-order valence-electron chi connectivity index (χ1n) is 8.01. The Morgan fingerprint density at radius 2 is 1.93 bits per heavy atom. The van der Waals surface area contributed by atoms with Crippen LogP contribution in [0.4, 0.5) is 5.69 Å². The Morgan fingerprint density at radius 3 is 2.61 bits per heavy atom. The summed E-state index contributed by atoms with van der Waals surface area (Å²) in [5.41, 5.74) is -0.788. The van der Waals surface area contributed by atoms with Crippen molar-refractivity contribution in [3.8, 4) is 11.6 Å². The number of nitrogens with one attached hydrogen (secondary N) is 1. The summed E-state index contributed by atoms with van der Waals surface area (Å²) in [6, 6.07) is 10.7. The molecule has 2 aromatic carbocycles. The maximum atomic E-state index is 12.2. The Balaban J connectivity index is 2.16. The fourth-order valence-corrected chi connectivity index (χ4v) is 2.74. The van der Waals surface area contributed by atoms with Gasteiger partial charge >= 0.3 is 11.7 Å². The van der Waals surface area contributed by atoms with Gasteiger partial charge < -0.3 is 10.2 Å². The molecule has 0 spiro atoms. The number of carboxylic acid groups (broad SMARTS) is 1. The molecule has 0 saturated carbocycles. The number of benzene rings is 2. The van der Waals surface area contributed by atoms with Crippen LogP contribution in [0.2, 0.25) is 5.02 Å². The lowest BCUT2D eigenvalue weighted by molar-refractivity contribution is 0.0697. The molecule has 3 aromatic rings. The molecular formula is C19H14ClN3O5. The molecule has 0 amide bonds. The highest BCUT2D eigenvalue weighted by Crippen LogP contribution is 2.26. The van der Waals surface area contributed by atoms with Crippen molar-refractivity contribution in [3.05, 3.63) is 85.0 Å². The molecule has 8 nitrogen and oxygen atoms in total. The van der Waals surface area contributed by atoms with Crippen LogP contribution in [-0.4, -0.2) is 31.9 Å². The van der Waals surface area contributed by atoms with E-state index in [0.29, 0.717) is 11.3 Å². The number of carboxylic acids is 1. The lowest BCUT2D eigenvalue weighted by atomic mass is 10.2. The van der Waals surface area contributed by atoms with Gasteiger partial charge in [-0.05, 0) is 36.8 Å². The molecular weight excluding hydrogens is 386 g/mol. The Morgan fingerprint density at radius 1 is 1.21 bits per heavy atom. The van der Waals surface area contributed by atoms with E-state index in [1.54, 1.807) is 31.2 Å². The fraction of sp³-hybridized carbons (Fsp3) is 0.0526. The predicted octanol–water partition coefficient (Wildman–Crippen LogP) is 2.64. The van der Waals surface area contributed by atoms with E-state index in [0.717, 1.165) is 10.8 Å². The highest BCUT2D eigenvalue weighted by molar-refractivity contribution is 6.33. The molecule has 28 heavy (non-hydrogen) atoms. The number of H-pyrrole nitrogens is 1. The minimum absolute atomic E-state index is 0.0421. The van der Waals surface area contributed by atoms with Gasteiger partial charge in [-0.25, -0.2) is 14.2 Å². The van der Waals surface area contributed by atoms with Crippen LogP contribution in [0.1, 0.15) is 21.5 Å². The van der Waals surface area contributed by atoms with Gasteiger partial charge in [0.15, 0.2) is 0 Å². The van der Waals surface area contributed by atoms with E-state index < -0.39 is 23.1 Å². The average molecular weight is 400 g/mol. The quantitative estimate of drug-likeness (QED) is 0.581. The minimum atomic E-state index is -1.16. The number of para-hydroxylation sites is 1. The number of rotatable bonds is 4. The number of aromatic amines is 1. The number of aryl methyl sites for hydroxylation is 1. The molecule has 0 aliphatic carbocycles. The highest BCUT2D eigenvalue weighted by atomic mass is 35.5. The van der Waals surface area contributed by atoms with Crippen LogP contribution in [0.5, 0.6) is 5.88 Å². The summed E-state index contributed by atoms with van der Waals surface area (Å²) >= 11 is 6.01. The topological polar surface area (TPSA) is 125 Å². The van der Waals surface area contributed by atoms with Gasteiger partial charge in [0.25, 0.3) is 5.56 Å². The van der Waals surface area contributed by atoms with E-state index in [4.69, 9.17) is 16.7 Å². The molecule has 0 saturated heterocycles. The van der Waals surface area contributed by atoms with E-state index in [2.05, 4.69) is 9.98 Å². The van der Waals surface area contributed by atoms with E-state index in [1.165, 1.54) is 18.2 Å². The molecule has 3 rings (SSSR count). The largest absolute Gasteiger partial charge is 0.493 e. The van der Waals surface area contributed by atoms with Crippen LogP contribution in [0.25, 0.3) is 5.69 Å². The molecule has 0 bridgehead atoms. The Kier molecular flexibility index (Phi) is 5.14. The second kappa shape index (κ2) is 7.53. The van der Waals surface area contributed by atoms with E-state index in [1.807, 2.05) is 0 Å². The molecule has 9 heteroatoms. The molecule has 0 radical (unpaired) electrons. The standard InChI is InChI=1S/C19H14ClN3O5/c1-10-4-2-3-5-15(10)23-17(25)12(16(24)22-19(23)28)9-21-14-8-11(18(26)27)6-7-13(14)20/h2-9,25H,1H3,(H,26,27)(H,22,24,28). The molecule has 0 fully saturated rings. The van der Waals surface area contributed by atoms with Gasteiger partial charge in [0.1, 0.15) is 5.56 Å².